The summed E-state index contributed by atoms with van der Waals surface area (Å²) < 4.78 is 6.19. The largest absolute Gasteiger partial charge is 0.487 e. The van der Waals surface area contributed by atoms with Gasteiger partial charge < -0.3 is 20.3 Å². The van der Waals surface area contributed by atoms with E-state index in [4.69, 9.17) is 17.0 Å². The van der Waals surface area contributed by atoms with Gasteiger partial charge in [0.1, 0.15) is 11.4 Å². The highest BCUT2D eigenvalue weighted by molar-refractivity contribution is 7.80. The molecule has 4 rings (SSSR count). The van der Waals surface area contributed by atoms with Crippen LogP contribution in [0.4, 0.5) is 11.4 Å². The second-order valence-corrected chi connectivity index (χ2v) is 9.32. The molecule has 2 N–H and O–H groups in total. The SMILES string of the molecule is Cc1ccc2c(c1)OC(C)(C)CC2NC(=S)Nc1ccc(C)c(N2CCCC2=O)c1. The average Bonchev–Trinajstić information content (AvgIpc) is 3.07. The molecule has 30 heavy (non-hydrogen) atoms. The number of fused-ring (bicyclic) bond motifs is 1. The molecule has 2 aliphatic rings. The van der Waals surface area contributed by atoms with Gasteiger partial charge in [0.15, 0.2) is 5.11 Å². The van der Waals surface area contributed by atoms with Gasteiger partial charge in [-0.05, 0) is 75.7 Å². The lowest BCUT2D eigenvalue weighted by molar-refractivity contribution is -0.117. The summed E-state index contributed by atoms with van der Waals surface area (Å²) in [6.07, 6.45) is 2.34. The normalized spacial score (nSPS) is 19.8. The van der Waals surface area contributed by atoms with E-state index in [9.17, 15) is 4.79 Å². The van der Waals surface area contributed by atoms with E-state index in [1.807, 2.05) is 30.0 Å². The number of nitrogens with zero attached hydrogens (tertiary/aromatic N) is 1. The van der Waals surface area contributed by atoms with Gasteiger partial charge >= 0.3 is 0 Å². The van der Waals surface area contributed by atoms with Crippen molar-refractivity contribution in [2.24, 2.45) is 0 Å². The molecule has 0 bridgehead atoms. The number of amides is 1. The summed E-state index contributed by atoms with van der Waals surface area (Å²) in [6, 6.07) is 12.4. The molecule has 1 amide bonds. The van der Waals surface area contributed by atoms with Crippen LogP contribution < -0.4 is 20.3 Å². The van der Waals surface area contributed by atoms with Crippen molar-refractivity contribution < 1.29 is 9.53 Å². The summed E-state index contributed by atoms with van der Waals surface area (Å²) in [6.45, 7) is 9.08. The standard InChI is InChI=1S/C24H29N3O2S/c1-15-7-10-18-19(14-24(3,4)29-21(18)12-15)26-23(30)25-17-9-8-16(2)20(13-17)27-11-5-6-22(27)28/h7-10,12-13,19H,5-6,11,14H2,1-4H3,(H2,25,26,30). The van der Waals surface area contributed by atoms with Gasteiger partial charge in [-0.15, -0.1) is 0 Å². The fourth-order valence-electron chi connectivity index (χ4n) is 4.29. The van der Waals surface area contributed by atoms with Gasteiger partial charge in [-0.2, -0.15) is 0 Å². The number of anilines is 2. The minimum atomic E-state index is -0.277. The maximum absolute atomic E-state index is 12.2. The second-order valence-electron chi connectivity index (χ2n) is 8.91. The molecule has 1 fully saturated rings. The number of benzene rings is 2. The Labute approximate surface area is 183 Å². The third-order valence-corrected chi connectivity index (χ3v) is 5.98. The number of ether oxygens (including phenoxy) is 1. The van der Waals surface area contributed by atoms with E-state index in [0.29, 0.717) is 11.5 Å². The Morgan fingerprint density at radius 2 is 2.00 bits per heavy atom. The average molecular weight is 424 g/mol. The van der Waals surface area contributed by atoms with Gasteiger partial charge in [0, 0.05) is 36.3 Å². The van der Waals surface area contributed by atoms with Gasteiger partial charge in [-0.3, -0.25) is 4.79 Å². The van der Waals surface area contributed by atoms with Crippen LogP contribution in [0.25, 0.3) is 0 Å². The lowest BCUT2D eigenvalue weighted by Crippen LogP contribution is -2.42. The highest BCUT2D eigenvalue weighted by Crippen LogP contribution is 2.40. The number of aryl methyl sites for hydroxylation is 2. The number of hydrogen-bond donors (Lipinski definition) is 2. The molecule has 5 nitrogen and oxygen atoms in total. The molecule has 2 aromatic rings. The first kappa shape index (κ1) is 20.7. The van der Waals surface area contributed by atoms with Crippen molar-refractivity contribution in [1.82, 2.24) is 5.32 Å². The van der Waals surface area contributed by atoms with E-state index in [2.05, 4.69) is 49.6 Å². The zero-order valence-electron chi connectivity index (χ0n) is 18.0. The Hall–Kier alpha value is -2.60. The number of thiocarbonyl (C=S) groups is 1. The third kappa shape index (κ3) is 4.29. The minimum Gasteiger partial charge on any atom is -0.487 e. The predicted octanol–water partition coefficient (Wildman–Crippen LogP) is 5.02. The monoisotopic (exact) mass is 423 g/mol. The van der Waals surface area contributed by atoms with Gasteiger partial charge in [-0.1, -0.05) is 18.2 Å². The molecule has 2 aromatic carbocycles. The summed E-state index contributed by atoms with van der Waals surface area (Å²) in [7, 11) is 0. The van der Waals surface area contributed by atoms with Crippen molar-refractivity contribution in [3.8, 4) is 5.75 Å². The van der Waals surface area contributed by atoms with Gasteiger partial charge in [0.25, 0.3) is 0 Å². The van der Waals surface area contributed by atoms with Gasteiger partial charge in [-0.25, -0.2) is 0 Å². The van der Waals surface area contributed by atoms with Crippen LogP contribution in [0.2, 0.25) is 0 Å². The summed E-state index contributed by atoms with van der Waals surface area (Å²) in [5.41, 5.74) is 4.94. The first-order chi connectivity index (χ1) is 14.2. The number of carbonyl (C=O) groups is 1. The Kier molecular flexibility index (Phi) is 5.45. The zero-order chi connectivity index (χ0) is 21.5. The Morgan fingerprint density at radius 1 is 1.20 bits per heavy atom. The van der Waals surface area contributed by atoms with Crippen molar-refractivity contribution in [3.63, 3.8) is 0 Å². The number of hydrogen-bond acceptors (Lipinski definition) is 3. The van der Waals surface area contributed by atoms with Crippen LogP contribution >= 0.6 is 12.2 Å². The maximum atomic E-state index is 12.2. The molecule has 0 aliphatic carbocycles. The molecule has 0 radical (unpaired) electrons. The number of rotatable bonds is 3. The molecule has 0 aromatic heterocycles. The summed E-state index contributed by atoms with van der Waals surface area (Å²) >= 11 is 5.64. The van der Waals surface area contributed by atoms with Crippen LogP contribution in [0, 0.1) is 13.8 Å². The first-order valence-corrected chi connectivity index (χ1v) is 10.9. The van der Waals surface area contributed by atoms with Crippen LogP contribution in [0.3, 0.4) is 0 Å². The van der Waals surface area contributed by atoms with E-state index in [1.54, 1.807) is 0 Å². The van der Waals surface area contributed by atoms with Crippen molar-refractivity contribution in [3.05, 3.63) is 53.1 Å². The molecule has 2 heterocycles. The smallest absolute Gasteiger partial charge is 0.227 e. The Morgan fingerprint density at radius 3 is 2.73 bits per heavy atom. The predicted molar refractivity (Wildman–Crippen MR) is 125 cm³/mol. The maximum Gasteiger partial charge on any atom is 0.227 e. The first-order valence-electron chi connectivity index (χ1n) is 10.5. The van der Waals surface area contributed by atoms with E-state index in [0.717, 1.165) is 47.6 Å². The quantitative estimate of drug-likeness (QED) is 0.679. The molecule has 2 aliphatic heterocycles. The Balaban J connectivity index is 1.51. The van der Waals surface area contributed by atoms with Crippen LogP contribution in [-0.4, -0.2) is 23.2 Å². The molecule has 6 heteroatoms. The fraction of sp³-hybridized carbons (Fsp3) is 0.417. The van der Waals surface area contributed by atoms with Crippen LogP contribution in [0.5, 0.6) is 5.75 Å². The highest BCUT2D eigenvalue weighted by atomic mass is 32.1. The van der Waals surface area contributed by atoms with Crippen LogP contribution in [-0.2, 0) is 4.79 Å². The highest BCUT2D eigenvalue weighted by Gasteiger charge is 2.34. The fourth-order valence-corrected chi connectivity index (χ4v) is 4.55. The summed E-state index contributed by atoms with van der Waals surface area (Å²) in [5.74, 6) is 1.10. The van der Waals surface area contributed by atoms with Crippen LogP contribution in [0.1, 0.15) is 55.8 Å². The molecule has 1 unspecified atom stereocenters. The van der Waals surface area contributed by atoms with E-state index >= 15 is 0 Å². The van der Waals surface area contributed by atoms with Crippen molar-refractivity contribution in [2.75, 3.05) is 16.8 Å². The topological polar surface area (TPSA) is 53.6 Å². The van der Waals surface area contributed by atoms with Crippen molar-refractivity contribution >= 4 is 34.6 Å². The number of carbonyl (C=O) groups excluding carboxylic acids is 1. The van der Waals surface area contributed by atoms with Crippen LogP contribution in [0.15, 0.2) is 36.4 Å². The molecular formula is C24H29N3O2S. The molecule has 158 valence electrons. The third-order valence-electron chi connectivity index (χ3n) is 5.76. The zero-order valence-corrected chi connectivity index (χ0v) is 18.9. The summed E-state index contributed by atoms with van der Waals surface area (Å²) in [4.78, 5) is 14.1. The molecular weight excluding hydrogens is 394 g/mol. The van der Waals surface area contributed by atoms with E-state index in [-0.39, 0.29) is 17.6 Å². The molecule has 1 atom stereocenters. The lowest BCUT2D eigenvalue weighted by atomic mass is 9.89. The molecule has 1 saturated heterocycles. The molecule has 0 spiro atoms. The van der Waals surface area contributed by atoms with E-state index < -0.39 is 0 Å². The molecule has 0 saturated carbocycles. The van der Waals surface area contributed by atoms with Gasteiger partial charge in [0.2, 0.25) is 5.91 Å². The number of nitrogens with one attached hydrogen (secondary N) is 2. The lowest BCUT2D eigenvalue weighted by Gasteiger charge is -2.38. The minimum absolute atomic E-state index is 0.0643. The van der Waals surface area contributed by atoms with Gasteiger partial charge in [0.05, 0.1) is 6.04 Å². The van der Waals surface area contributed by atoms with E-state index in [1.165, 1.54) is 5.56 Å². The second kappa shape index (κ2) is 7.91. The van der Waals surface area contributed by atoms with Crippen molar-refractivity contribution in [1.29, 1.82) is 0 Å². The Bertz CT molecular complexity index is 1000. The van der Waals surface area contributed by atoms with Crippen molar-refractivity contribution in [2.45, 2.75) is 58.6 Å². The summed E-state index contributed by atoms with van der Waals surface area (Å²) in [5, 5.41) is 7.34.